The molecule has 0 saturated heterocycles. The summed E-state index contributed by atoms with van der Waals surface area (Å²) in [4.78, 5) is 26.6. The van der Waals surface area contributed by atoms with Crippen molar-refractivity contribution < 1.29 is 18.7 Å². The summed E-state index contributed by atoms with van der Waals surface area (Å²) in [6.07, 6.45) is 0. The molecule has 1 aromatic heterocycles. The molecule has 0 unspecified atom stereocenters. The lowest BCUT2D eigenvalue weighted by molar-refractivity contribution is 0.0588. The van der Waals surface area contributed by atoms with E-state index in [1.807, 2.05) is 0 Å². The van der Waals surface area contributed by atoms with Gasteiger partial charge < -0.3 is 10.1 Å². The Bertz CT molecular complexity index is 644. The lowest BCUT2D eigenvalue weighted by atomic mass is 10.2. The Labute approximate surface area is 123 Å². The molecule has 7 nitrogen and oxygen atoms in total. The normalized spacial score (nSPS) is 10.0. The van der Waals surface area contributed by atoms with E-state index < -0.39 is 12.0 Å². The zero-order chi connectivity index (χ0) is 15.2. The number of carbonyl (C=O) groups is 2. The highest BCUT2D eigenvalue weighted by Gasteiger charge is 2.14. The van der Waals surface area contributed by atoms with Gasteiger partial charge in [-0.25, -0.2) is 14.0 Å². The SMILES string of the molecule is COC(=O)c1nsc(NC(=O)NCc2ccc(F)cc2)n1. The van der Waals surface area contributed by atoms with E-state index in [0.29, 0.717) is 0 Å². The number of amides is 2. The Hall–Kier alpha value is -2.55. The topological polar surface area (TPSA) is 93.2 Å². The van der Waals surface area contributed by atoms with Crippen LogP contribution in [0.2, 0.25) is 0 Å². The zero-order valence-corrected chi connectivity index (χ0v) is 11.7. The average molecular weight is 310 g/mol. The van der Waals surface area contributed by atoms with Gasteiger partial charge in [-0.15, -0.1) is 0 Å². The van der Waals surface area contributed by atoms with Gasteiger partial charge in [-0.05, 0) is 17.7 Å². The quantitative estimate of drug-likeness (QED) is 0.840. The van der Waals surface area contributed by atoms with Crippen molar-refractivity contribution in [2.75, 3.05) is 12.4 Å². The second-order valence-electron chi connectivity index (χ2n) is 3.85. The highest BCUT2D eigenvalue weighted by atomic mass is 32.1. The van der Waals surface area contributed by atoms with Crippen LogP contribution in [0.4, 0.5) is 14.3 Å². The number of nitrogens with one attached hydrogen (secondary N) is 2. The fourth-order valence-corrected chi connectivity index (χ4v) is 1.93. The number of hydrogen-bond acceptors (Lipinski definition) is 6. The number of carbonyl (C=O) groups excluding carboxylic acids is 2. The first-order valence-corrected chi connectivity index (χ1v) is 6.57. The Morgan fingerprint density at radius 2 is 2.05 bits per heavy atom. The average Bonchev–Trinajstić information content (AvgIpc) is 2.94. The van der Waals surface area contributed by atoms with Crippen LogP contribution in [0, 0.1) is 5.82 Å². The monoisotopic (exact) mass is 310 g/mol. The number of anilines is 1. The molecule has 0 aliphatic rings. The molecule has 0 fully saturated rings. The Morgan fingerprint density at radius 1 is 1.33 bits per heavy atom. The fraction of sp³-hybridized carbons (Fsp3) is 0.167. The second-order valence-corrected chi connectivity index (χ2v) is 4.60. The number of halogens is 1. The Balaban J connectivity index is 1.85. The van der Waals surface area contributed by atoms with Crippen molar-refractivity contribution in [3.63, 3.8) is 0 Å². The van der Waals surface area contributed by atoms with E-state index >= 15 is 0 Å². The largest absolute Gasteiger partial charge is 0.463 e. The van der Waals surface area contributed by atoms with Gasteiger partial charge in [-0.2, -0.15) is 9.36 Å². The number of aromatic nitrogens is 2. The third-order valence-corrected chi connectivity index (χ3v) is 3.01. The molecule has 2 rings (SSSR count). The maximum atomic E-state index is 12.7. The van der Waals surface area contributed by atoms with Gasteiger partial charge in [0.05, 0.1) is 7.11 Å². The van der Waals surface area contributed by atoms with Crippen LogP contribution in [-0.2, 0) is 11.3 Å². The minimum absolute atomic E-state index is 0.115. The maximum absolute atomic E-state index is 12.7. The lowest BCUT2D eigenvalue weighted by Crippen LogP contribution is -2.28. The summed E-state index contributed by atoms with van der Waals surface area (Å²) >= 11 is 0.862. The van der Waals surface area contributed by atoms with Gasteiger partial charge in [0.25, 0.3) is 5.82 Å². The summed E-state index contributed by atoms with van der Waals surface area (Å²) in [6, 6.07) is 5.24. The fourth-order valence-electron chi connectivity index (χ4n) is 1.37. The van der Waals surface area contributed by atoms with Crippen molar-refractivity contribution in [3.8, 4) is 0 Å². The number of ether oxygens (including phenoxy) is 1. The zero-order valence-electron chi connectivity index (χ0n) is 10.9. The van der Waals surface area contributed by atoms with Gasteiger partial charge in [0.1, 0.15) is 5.82 Å². The van der Waals surface area contributed by atoms with Crippen molar-refractivity contribution in [1.29, 1.82) is 0 Å². The molecular formula is C12H11FN4O3S. The summed E-state index contributed by atoms with van der Waals surface area (Å²) in [5.41, 5.74) is 0.749. The summed E-state index contributed by atoms with van der Waals surface area (Å²) in [5, 5.41) is 5.18. The van der Waals surface area contributed by atoms with Gasteiger partial charge in [0, 0.05) is 18.1 Å². The van der Waals surface area contributed by atoms with E-state index in [2.05, 4.69) is 24.7 Å². The number of rotatable bonds is 4. The number of urea groups is 1. The highest BCUT2D eigenvalue weighted by Crippen LogP contribution is 2.11. The first kappa shape index (κ1) is 14.9. The minimum Gasteiger partial charge on any atom is -0.463 e. The van der Waals surface area contributed by atoms with Crippen LogP contribution in [-0.4, -0.2) is 28.5 Å². The molecule has 0 atom stereocenters. The predicted octanol–water partition coefficient (Wildman–Crippen LogP) is 1.79. The molecule has 2 aromatic rings. The molecule has 1 heterocycles. The third kappa shape index (κ3) is 4.21. The van der Waals surface area contributed by atoms with Crippen molar-refractivity contribution in [3.05, 3.63) is 41.5 Å². The first-order chi connectivity index (χ1) is 10.1. The summed E-state index contributed by atoms with van der Waals surface area (Å²) in [7, 11) is 1.21. The molecular weight excluding hydrogens is 299 g/mol. The molecule has 0 bridgehead atoms. The summed E-state index contributed by atoms with van der Waals surface area (Å²) in [6.45, 7) is 0.231. The molecule has 0 saturated carbocycles. The van der Waals surface area contributed by atoms with Gasteiger partial charge in [0.15, 0.2) is 0 Å². The highest BCUT2D eigenvalue weighted by molar-refractivity contribution is 7.10. The smallest absolute Gasteiger partial charge is 0.377 e. The number of nitrogens with zero attached hydrogens (tertiary/aromatic N) is 2. The van der Waals surface area contributed by atoms with Crippen LogP contribution in [0.15, 0.2) is 24.3 Å². The van der Waals surface area contributed by atoms with Gasteiger partial charge in [-0.3, -0.25) is 5.32 Å². The van der Waals surface area contributed by atoms with E-state index in [-0.39, 0.29) is 23.3 Å². The van der Waals surface area contributed by atoms with Gasteiger partial charge in [0.2, 0.25) is 5.13 Å². The van der Waals surface area contributed by atoms with E-state index in [0.717, 1.165) is 17.1 Å². The van der Waals surface area contributed by atoms with Crippen LogP contribution >= 0.6 is 11.5 Å². The molecule has 2 amide bonds. The number of methoxy groups -OCH3 is 1. The second kappa shape index (κ2) is 6.75. The maximum Gasteiger partial charge on any atom is 0.377 e. The molecule has 0 spiro atoms. The molecule has 9 heteroatoms. The first-order valence-electron chi connectivity index (χ1n) is 5.80. The number of esters is 1. The molecule has 1 aromatic carbocycles. The third-order valence-electron chi connectivity index (χ3n) is 2.38. The molecule has 0 aliphatic carbocycles. The number of hydrogen-bond donors (Lipinski definition) is 2. The van der Waals surface area contributed by atoms with Crippen LogP contribution in [0.5, 0.6) is 0 Å². The van der Waals surface area contributed by atoms with Crippen LogP contribution in [0.1, 0.15) is 16.2 Å². The molecule has 21 heavy (non-hydrogen) atoms. The molecule has 110 valence electrons. The molecule has 0 radical (unpaired) electrons. The standard InChI is InChI=1S/C12H11FN4O3S/c1-20-10(18)9-15-12(21-17-9)16-11(19)14-6-7-2-4-8(13)5-3-7/h2-5H,6H2,1H3,(H2,14,15,16,17,19). The van der Waals surface area contributed by atoms with E-state index in [4.69, 9.17) is 0 Å². The van der Waals surface area contributed by atoms with Crippen molar-refractivity contribution in [1.82, 2.24) is 14.7 Å². The van der Waals surface area contributed by atoms with E-state index in [1.165, 1.54) is 19.2 Å². The predicted molar refractivity (Wildman–Crippen MR) is 73.5 cm³/mol. The summed E-state index contributed by atoms with van der Waals surface area (Å²) in [5.74, 6) is -1.13. The molecule has 2 N–H and O–H groups in total. The summed E-state index contributed by atoms with van der Waals surface area (Å²) < 4.78 is 20.9. The van der Waals surface area contributed by atoms with Crippen LogP contribution in [0.3, 0.4) is 0 Å². The van der Waals surface area contributed by atoms with Gasteiger partial charge in [-0.1, -0.05) is 12.1 Å². The Morgan fingerprint density at radius 3 is 2.71 bits per heavy atom. The van der Waals surface area contributed by atoms with E-state index in [1.54, 1.807) is 12.1 Å². The van der Waals surface area contributed by atoms with Crippen molar-refractivity contribution in [2.24, 2.45) is 0 Å². The van der Waals surface area contributed by atoms with Crippen molar-refractivity contribution in [2.45, 2.75) is 6.54 Å². The van der Waals surface area contributed by atoms with Crippen molar-refractivity contribution >= 4 is 28.7 Å². The minimum atomic E-state index is -0.675. The molecule has 0 aliphatic heterocycles. The van der Waals surface area contributed by atoms with Crippen LogP contribution < -0.4 is 10.6 Å². The van der Waals surface area contributed by atoms with Crippen LogP contribution in [0.25, 0.3) is 0 Å². The van der Waals surface area contributed by atoms with E-state index in [9.17, 15) is 14.0 Å². The Kier molecular flexibility index (Phi) is 4.77. The lowest BCUT2D eigenvalue weighted by Gasteiger charge is -2.05. The van der Waals surface area contributed by atoms with Gasteiger partial charge >= 0.3 is 12.0 Å². The number of benzene rings is 1.